The molecule has 146 valence electrons. The van der Waals surface area contributed by atoms with Crippen molar-refractivity contribution < 1.29 is 18.3 Å². The first-order valence-electron chi connectivity index (χ1n) is 8.74. The Kier molecular flexibility index (Phi) is 7.59. The van der Waals surface area contributed by atoms with E-state index in [1.54, 1.807) is 7.05 Å². The van der Waals surface area contributed by atoms with E-state index in [2.05, 4.69) is 34.6 Å². The molecule has 1 fully saturated rings. The lowest BCUT2D eigenvalue weighted by Crippen LogP contribution is -2.57. The van der Waals surface area contributed by atoms with Crippen LogP contribution in [0.3, 0.4) is 0 Å². The van der Waals surface area contributed by atoms with Crippen LogP contribution in [0.25, 0.3) is 0 Å². The first kappa shape index (κ1) is 20.4. The smallest absolute Gasteiger partial charge is 0.191 e. The molecule has 0 amide bonds. The topological polar surface area (TPSA) is 58.1 Å². The molecular formula is C18H28F2N4O2. The lowest BCUT2D eigenvalue weighted by atomic mass is 9.88. The fourth-order valence-corrected chi connectivity index (χ4v) is 2.93. The maximum Gasteiger partial charge on any atom is 0.191 e. The fourth-order valence-electron chi connectivity index (χ4n) is 2.93. The van der Waals surface area contributed by atoms with Gasteiger partial charge in [-0.3, -0.25) is 4.99 Å². The van der Waals surface area contributed by atoms with Crippen LogP contribution >= 0.6 is 0 Å². The van der Waals surface area contributed by atoms with Crippen LogP contribution in [0.5, 0.6) is 5.75 Å². The van der Waals surface area contributed by atoms with E-state index < -0.39 is 11.6 Å². The van der Waals surface area contributed by atoms with E-state index in [0.717, 1.165) is 38.7 Å². The van der Waals surface area contributed by atoms with Crippen molar-refractivity contribution in [1.82, 2.24) is 15.5 Å². The quantitative estimate of drug-likeness (QED) is 0.434. The van der Waals surface area contributed by atoms with Crippen molar-refractivity contribution in [2.45, 2.75) is 18.4 Å². The van der Waals surface area contributed by atoms with Crippen LogP contribution in [0.1, 0.15) is 12.8 Å². The molecule has 0 atom stereocenters. The van der Waals surface area contributed by atoms with E-state index in [9.17, 15) is 8.78 Å². The van der Waals surface area contributed by atoms with Crippen LogP contribution < -0.4 is 15.4 Å². The molecule has 1 aliphatic rings. The van der Waals surface area contributed by atoms with Crippen LogP contribution in [0.2, 0.25) is 0 Å². The molecule has 0 spiro atoms. The van der Waals surface area contributed by atoms with E-state index >= 15 is 0 Å². The van der Waals surface area contributed by atoms with Gasteiger partial charge in [0.1, 0.15) is 12.4 Å². The predicted octanol–water partition coefficient (Wildman–Crippen LogP) is 1.62. The highest BCUT2D eigenvalue weighted by molar-refractivity contribution is 5.79. The van der Waals surface area contributed by atoms with Crippen LogP contribution in [-0.4, -0.2) is 70.5 Å². The minimum Gasteiger partial charge on any atom is -0.489 e. The van der Waals surface area contributed by atoms with Crippen molar-refractivity contribution in [2.75, 3.05) is 54.1 Å². The zero-order chi connectivity index (χ0) is 19.0. The second-order valence-corrected chi connectivity index (χ2v) is 6.51. The Labute approximate surface area is 153 Å². The van der Waals surface area contributed by atoms with Gasteiger partial charge in [0, 0.05) is 38.4 Å². The van der Waals surface area contributed by atoms with E-state index in [-0.39, 0.29) is 17.9 Å². The number of likely N-dealkylation sites (N-methyl/N-ethyl adjacent to an activating group) is 1. The van der Waals surface area contributed by atoms with Crippen molar-refractivity contribution in [1.29, 1.82) is 0 Å². The van der Waals surface area contributed by atoms with Crippen molar-refractivity contribution in [2.24, 2.45) is 4.99 Å². The Morgan fingerprint density at radius 1 is 1.27 bits per heavy atom. The standard InChI is InChI=1S/C18H28F2N4O2/c1-21-17(23-13-18(24(2)3)6-9-25-10-7-18)22-8-11-26-16-5-4-14(19)12-15(16)20/h4-5,12H,6-11,13H2,1-3H3,(H2,21,22,23). The van der Waals surface area contributed by atoms with Crippen molar-refractivity contribution >= 4 is 5.96 Å². The zero-order valence-electron chi connectivity index (χ0n) is 15.6. The number of guanidine groups is 1. The van der Waals surface area contributed by atoms with Gasteiger partial charge in [-0.2, -0.15) is 0 Å². The molecule has 0 radical (unpaired) electrons. The molecule has 8 heteroatoms. The summed E-state index contributed by atoms with van der Waals surface area (Å²) in [6.07, 6.45) is 1.91. The molecule has 1 aromatic carbocycles. The average Bonchev–Trinajstić information content (AvgIpc) is 2.63. The van der Waals surface area contributed by atoms with Gasteiger partial charge < -0.3 is 25.0 Å². The van der Waals surface area contributed by atoms with Gasteiger partial charge in [0.15, 0.2) is 17.5 Å². The van der Waals surface area contributed by atoms with Crippen LogP contribution in [-0.2, 0) is 4.74 Å². The minimum atomic E-state index is -0.708. The van der Waals surface area contributed by atoms with Crippen LogP contribution in [0.4, 0.5) is 8.78 Å². The summed E-state index contributed by atoms with van der Waals surface area (Å²) in [5.41, 5.74) is 0.0314. The molecular weight excluding hydrogens is 342 g/mol. The number of nitrogens with one attached hydrogen (secondary N) is 2. The van der Waals surface area contributed by atoms with E-state index in [4.69, 9.17) is 9.47 Å². The largest absolute Gasteiger partial charge is 0.489 e. The summed E-state index contributed by atoms with van der Waals surface area (Å²) in [6.45, 7) is 2.92. The third-order valence-electron chi connectivity index (χ3n) is 4.73. The second-order valence-electron chi connectivity index (χ2n) is 6.51. The Hall–Kier alpha value is -1.93. The highest BCUT2D eigenvalue weighted by atomic mass is 19.1. The lowest BCUT2D eigenvalue weighted by Gasteiger charge is -2.43. The SMILES string of the molecule is CN=C(NCCOc1ccc(F)cc1F)NCC1(N(C)C)CCOCC1. The summed E-state index contributed by atoms with van der Waals surface area (Å²) >= 11 is 0. The number of aliphatic imine (C=N–C) groups is 1. The Bertz CT molecular complexity index is 605. The van der Waals surface area contributed by atoms with Gasteiger partial charge in [0.2, 0.25) is 0 Å². The fraction of sp³-hybridized carbons (Fsp3) is 0.611. The number of hydrogen-bond acceptors (Lipinski definition) is 4. The molecule has 2 rings (SSSR count). The Morgan fingerprint density at radius 3 is 2.62 bits per heavy atom. The molecule has 1 aliphatic heterocycles. The lowest BCUT2D eigenvalue weighted by molar-refractivity contribution is -0.00501. The number of halogens is 2. The summed E-state index contributed by atoms with van der Waals surface area (Å²) in [5, 5.41) is 6.48. The molecule has 0 unspecified atom stereocenters. The van der Waals surface area contributed by atoms with E-state index in [0.29, 0.717) is 12.5 Å². The molecule has 2 N–H and O–H groups in total. The highest BCUT2D eigenvalue weighted by Gasteiger charge is 2.34. The second kappa shape index (κ2) is 9.68. The first-order chi connectivity index (χ1) is 12.5. The molecule has 1 saturated heterocycles. The van der Waals surface area contributed by atoms with Gasteiger partial charge in [0.25, 0.3) is 0 Å². The summed E-state index contributed by atoms with van der Waals surface area (Å²) in [7, 11) is 5.85. The maximum atomic E-state index is 13.5. The van der Waals surface area contributed by atoms with Gasteiger partial charge in [-0.15, -0.1) is 0 Å². The van der Waals surface area contributed by atoms with Crippen LogP contribution in [0, 0.1) is 11.6 Å². The molecule has 0 saturated carbocycles. The van der Waals surface area contributed by atoms with Crippen molar-refractivity contribution in [3.05, 3.63) is 29.8 Å². The van der Waals surface area contributed by atoms with Gasteiger partial charge >= 0.3 is 0 Å². The van der Waals surface area contributed by atoms with Gasteiger partial charge in [-0.1, -0.05) is 0 Å². The molecule has 6 nitrogen and oxygen atoms in total. The van der Waals surface area contributed by atoms with E-state index in [1.165, 1.54) is 12.1 Å². The van der Waals surface area contributed by atoms with Crippen LogP contribution in [0.15, 0.2) is 23.2 Å². The highest BCUT2D eigenvalue weighted by Crippen LogP contribution is 2.25. The Morgan fingerprint density at radius 2 is 2.00 bits per heavy atom. The third kappa shape index (κ3) is 5.54. The van der Waals surface area contributed by atoms with E-state index in [1.807, 2.05) is 0 Å². The zero-order valence-corrected chi connectivity index (χ0v) is 15.6. The molecule has 0 bridgehead atoms. The summed E-state index contributed by atoms with van der Waals surface area (Å²) in [4.78, 5) is 6.43. The molecule has 0 aromatic heterocycles. The summed E-state index contributed by atoms with van der Waals surface area (Å²) < 4.78 is 37.2. The normalized spacial score (nSPS) is 17.2. The summed E-state index contributed by atoms with van der Waals surface area (Å²) in [5.74, 6) is -0.647. The van der Waals surface area contributed by atoms with Gasteiger partial charge in [-0.25, -0.2) is 8.78 Å². The number of benzene rings is 1. The molecule has 0 aliphatic carbocycles. The number of ether oxygens (including phenoxy) is 2. The molecule has 26 heavy (non-hydrogen) atoms. The van der Waals surface area contributed by atoms with Crippen molar-refractivity contribution in [3.63, 3.8) is 0 Å². The predicted molar refractivity (Wildman–Crippen MR) is 97.7 cm³/mol. The number of rotatable bonds is 7. The summed E-state index contributed by atoms with van der Waals surface area (Å²) in [6, 6.07) is 3.25. The molecule has 1 aromatic rings. The monoisotopic (exact) mass is 370 g/mol. The first-order valence-corrected chi connectivity index (χ1v) is 8.74. The van der Waals surface area contributed by atoms with Gasteiger partial charge in [-0.05, 0) is 39.1 Å². The molecule has 1 heterocycles. The maximum absolute atomic E-state index is 13.5. The minimum absolute atomic E-state index is 0.0314. The number of hydrogen-bond donors (Lipinski definition) is 2. The number of nitrogens with zero attached hydrogens (tertiary/aromatic N) is 2. The van der Waals surface area contributed by atoms with Crippen molar-refractivity contribution in [3.8, 4) is 5.75 Å². The van der Waals surface area contributed by atoms with Gasteiger partial charge in [0.05, 0.1) is 6.54 Å². The average molecular weight is 370 g/mol. The Balaban J connectivity index is 1.77. The third-order valence-corrected chi connectivity index (χ3v) is 4.73.